The number of carbonyl (C=O) groups excluding carboxylic acids is 1. The van der Waals surface area contributed by atoms with E-state index >= 15 is 0 Å². The van der Waals surface area contributed by atoms with E-state index in [9.17, 15) is 19.6 Å². The fraction of sp³-hybridized carbons (Fsp3) is 0.700. The van der Waals surface area contributed by atoms with Crippen LogP contribution in [-0.2, 0) is 13.8 Å². The largest absolute Gasteiger partial charge is 0.385 e. The van der Waals surface area contributed by atoms with Gasteiger partial charge >= 0.3 is 7.60 Å². The molecule has 0 bridgehead atoms. The maximum absolute atomic E-state index is 11.2. The number of nitrogens with two attached hydrogens (primary N) is 1. The summed E-state index contributed by atoms with van der Waals surface area (Å²) in [5.74, 6) is -1.11. The van der Waals surface area contributed by atoms with Gasteiger partial charge in [0.2, 0.25) is 5.82 Å². The number of hydrogen-bond donors (Lipinski definition) is 4. The van der Waals surface area contributed by atoms with Gasteiger partial charge in [0.25, 0.3) is 5.91 Å². The van der Waals surface area contributed by atoms with Gasteiger partial charge in [-0.3, -0.25) is 9.36 Å². The number of carbonyl (C=O) groups is 1. The fourth-order valence-corrected chi connectivity index (χ4v) is 3.03. The van der Waals surface area contributed by atoms with Crippen molar-refractivity contribution in [2.75, 3.05) is 13.3 Å². The van der Waals surface area contributed by atoms with Crippen LogP contribution in [0.2, 0.25) is 0 Å². The lowest BCUT2D eigenvalue weighted by Gasteiger charge is -2.20. The van der Waals surface area contributed by atoms with E-state index < -0.39 is 37.0 Å². The zero-order chi connectivity index (χ0) is 16.3. The van der Waals surface area contributed by atoms with Crippen LogP contribution in [0.3, 0.4) is 0 Å². The van der Waals surface area contributed by atoms with E-state index in [2.05, 4.69) is 10.1 Å². The maximum atomic E-state index is 11.2. The van der Waals surface area contributed by atoms with Crippen molar-refractivity contribution in [3.63, 3.8) is 0 Å². The molecule has 1 amide bonds. The zero-order valence-electron chi connectivity index (χ0n) is 11.5. The monoisotopic (exact) mass is 334 g/mol. The third-order valence-electron chi connectivity index (χ3n) is 3.85. The second kappa shape index (κ2) is 4.57. The number of ether oxygens (including phenoxy) is 1. The summed E-state index contributed by atoms with van der Waals surface area (Å²) in [5.41, 5.74) is 2.11. The molecule has 0 aromatic carbocycles. The van der Waals surface area contributed by atoms with Gasteiger partial charge in [-0.1, -0.05) is 0 Å². The first kappa shape index (κ1) is 15.5. The molecule has 2 fully saturated rings. The minimum Gasteiger partial charge on any atom is -0.385 e. The standard InChI is InChI=1S/C10H15N4O7P/c1-22(18,19)20-3-9-2-10(9,17)5(15)8(21-9)14-4-12-7(13-14)6(11)16/h4-5,8,15,17H,2-3H2,1H3,(H2,11,16)(H,18,19)/t5?,8-,9?,10?/m1/s1. The Morgan fingerprint density at radius 1 is 1.73 bits per heavy atom. The molecule has 12 heteroatoms. The Bertz CT molecular complexity index is 674. The van der Waals surface area contributed by atoms with Gasteiger partial charge in [0.1, 0.15) is 23.6 Å². The highest BCUT2D eigenvalue weighted by Gasteiger charge is 2.80. The molecule has 1 aromatic heterocycles. The van der Waals surface area contributed by atoms with Crippen LogP contribution < -0.4 is 5.73 Å². The van der Waals surface area contributed by atoms with Crippen molar-refractivity contribution in [3.05, 3.63) is 12.2 Å². The molecule has 1 aliphatic carbocycles. The fourth-order valence-electron chi connectivity index (χ4n) is 2.58. The molecular weight excluding hydrogens is 319 g/mol. The molecule has 22 heavy (non-hydrogen) atoms. The molecular formula is C10H15N4O7P. The van der Waals surface area contributed by atoms with Crippen LogP contribution in [0.15, 0.2) is 6.33 Å². The molecule has 1 aromatic rings. The molecule has 122 valence electrons. The minimum absolute atomic E-state index is 0.0506. The van der Waals surface area contributed by atoms with E-state index in [1.165, 1.54) is 0 Å². The van der Waals surface area contributed by atoms with Gasteiger partial charge < -0.3 is 30.1 Å². The van der Waals surface area contributed by atoms with Crippen molar-refractivity contribution >= 4 is 13.5 Å². The number of fused-ring (bicyclic) bond motifs is 1. The highest BCUT2D eigenvalue weighted by molar-refractivity contribution is 7.51. The molecule has 0 radical (unpaired) electrons. The second-order valence-electron chi connectivity index (χ2n) is 5.54. The number of aromatic nitrogens is 3. The highest BCUT2D eigenvalue weighted by Crippen LogP contribution is 2.63. The summed E-state index contributed by atoms with van der Waals surface area (Å²) >= 11 is 0. The summed E-state index contributed by atoms with van der Waals surface area (Å²) in [6.45, 7) is 0.642. The van der Waals surface area contributed by atoms with Gasteiger partial charge in [0.05, 0.1) is 6.61 Å². The van der Waals surface area contributed by atoms with Crippen LogP contribution in [0.5, 0.6) is 0 Å². The molecule has 1 aliphatic heterocycles. The lowest BCUT2D eigenvalue weighted by Crippen LogP contribution is -2.35. The van der Waals surface area contributed by atoms with Crippen LogP contribution in [0.25, 0.3) is 0 Å². The van der Waals surface area contributed by atoms with Gasteiger partial charge in [-0.15, -0.1) is 5.10 Å². The van der Waals surface area contributed by atoms with Gasteiger partial charge in [-0.25, -0.2) is 9.67 Å². The van der Waals surface area contributed by atoms with E-state index in [0.29, 0.717) is 0 Å². The van der Waals surface area contributed by atoms with Gasteiger partial charge in [-0.2, -0.15) is 0 Å². The first-order valence-corrected chi connectivity index (χ1v) is 8.34. The minimum atomic E-state index is -3.75. The van der Waals surface area contributed by atoms with Crippen LogP contribution in [0, 0.1) is 0 Å². The number of aliphatic hydroxyl groups excluding tert-OH is 1. The van der Waals surface area contributed by atoms with Gasteiger partial charge in [0.15, 0.2) is 6.23 Å². The van der Waals surface area contributed by atoms with Crippen LogP contribution in [0.4, 0.5) is 0 Å². The molecule has 2 aliphatic rings. The van der Waals surface area contributed by atoms with E-state index in [1.807, 2.05) is 0 Å². The first-order valence-electron chi connectivity index (χ1n) is 6.32. The number of primary amides is 1. The molecule has 11 nitrogen and oxygen atoms in total. The lowest BCUT2D eigenvalue weighted by molar-refractivity contribution is -0.0958. The number of aliphatic hydroxyl groups is 2. The average molecular weight is 334 g/mol. The van der Waals surface area contributed by atoms with Crippen LogP contribution in [-0.4, -0.2) is 66.4 Å². The normalized spacial score (nSPS) is 39.3. The van der Waals surface area contributed by atoms with Crippen LogP contribution in [0.1, 0.15) is 23.3 Å². The molecule has 4 unspecified atom stereocenters. The van der Waals surface area contributed by atoms with Crippen molar-refractivity contribution in [1.82, 2.24) is 14.8 Å². The summed E-state index contributed by atoms with van der Waals surface area (Å²) in [5, 5.41) is 24.3. The van der Waals surface area contributed by atoms with E-state index in [-0.39, 0.29) is 18.9 Å². The summed E-state index contributed by atoms with van der Waals surface area (Å²) in [7, 11) is -3.75. The zero-order valence-corrected chi connectivity index (χ0v) is 12.4. The summed E-state index contributed by atoms with van der Waals surface area (Å²) < 4.78 is 22.6. The molecule has 1 saturated carbocycles. The molecule has 0 spiro atoms. The highest BCUT2D eigenvalue weighted by atomic mass is 31.2. The van der Waals surface area contributed by atoms with Gasteiger partial charge in [0, 0.05) is 13.1 Å². The third kappa shape index (κ3) is 2.26. The third-order valence-corrected chi connectivity index (χ3v) is 4.46. The van der Waals surface area contributed by atoms with E-state index in [4.69, 9.17) is 19.9 Å². The Hall–Kier alpha value is -1.36. The Kier molecular flexibility index (Phi) is 3.23. The Morgan fingerprint density at radius 3 is 2.95 bits per heavy atom. The van der Waals surface area contributed by atoms with Crippen LogP contribution >= 0.6 is 7.60 Å². The molecule has 1 saturated heterocycles. The predicted molar refractivity (Wildman–Crippen MR) is 68.7 cm³/mol. The van der Waals surface area contributed by atoms with Crippen molar-refractivity contribution in [2.45, 2.75) is 30.0 Å². The Balaban J connectivity index is 1.79. The van der Waals surface area contributed by atoms with E-state index in [1.54, 1.807) is 0 Å². The number of hydrogen-bond acceptors (Lipinski definition) is 8. The Labute approximate surface area is 124 Å². The SMILES string of the molecule is CP(=O)(O)OCC12CC1(O)C(O)[C@H](n1cnc(C(N)=O)n1)O2. The van der Waals surface area contributed by atoms with Crippen molar-refractivity contribution in [3.8, 4) is 0 Å². The van der Waals surface area contributed by atoms with Crippen molar-refractivity contribution in [1.29, 1.82) is 0 Å². The number of rotatable bonds is 5. The topological polar surface area (TPSA) is 170 Å². The maximum Gasteiger partial charge on any atom is 0.325 e. The summed E-state index contributed by atoms with van der Waals surface area (Å²) in [6, 6.07) is 0. The molecule has 2 heterocycles. The molecule has 5 atom stereocenters. The summed E-state index contributed by atoms with van der Waals surface area (Å²) in [6.07, 6.45) is -1.30. The van der Waals surface area contributed by atoms with Crippen molar-refractivity contribution < 1.29 is 33.7 Å². The average Bonchev–Trinajstić information content (AvgIpc) is 2.75. The molecule has 5 N–H and O–H groups in total. The lowest BCUT2D eigenvalue weighted by atomic mass is 10.1. The quantitative estimate of drug-likeness (QED) is 0.443. The summed E-state index contributed by atoms with van der Waals surface area (Å²) in [4.78, 5) is 23.8. The predicted octanol–water partition coefficient (Wildman–Crippen LogP) is -2.03. The second-order valence-corrected chi connectivity index (χ2v) is 7.40. The smallest absolute Gasteiger partial charge is 0.325 e. The molecule has 3 rings (SSSR count). The first-order chi connectivity index (χ1) is 10.1. The number of nitrogens with zero attached hydrogens (tertiary/aromatic N) is 3. The Morgan fingerprint density at radius 2 is 2.41 bits per heavy atom. The number of amides is 1. The van der Waals surface area contributed by atoms with Gasteiger partial charge in [-0.05, 0) is 0 Å². The van der Waals surface area contributed by atoms with E-state index in [0.717, 1.165) is 17.7 Å². The van der Waals surface area contributed by atoms with Crippen molar-refractivity contribution in [2.24, 2.45) is 5.73 Å².